The van der Waals surface area contributed by atoms with Crippen LogP contribution in [0, 0.1) is 5.92 Å². The van der Waals surface area contributed by atoms with Gasteiger partial charge >= 0.3 is 0 Å². The summed E-state index contributed by atoms with van der Waals surface area (Å²) in [5.74, 6) is -0.790. The van der Waals surface area contributed by atoms with E-state index in [9.17, 15) is 14.7 Å². The number of benzene rings is 1. The highest BCUT2D eigenvalue weighted by atomic mass is 16.6. The number of carbonyl (C=O) groups is 2. The van der Waals surface area contributed by atoms with E-state index in [0.29, 0.717) is 6.42 Å². The number of Topliss-reactive ketones (excluding diaryl/α,β-unsaturated/α-hetero) is 2. The Balaban J connectivity index is 1.81. The molecule has 2 aliphatic heterocycles. The van der Waals surface area contributed by atoms with E-state index < -0.39 is 28.2 Å². The van der Waals surface area contributed by atoms with Crippen LogP contribution in [0.3, 0.4) is 0 Å². The second-order valence-corrected chi connectivity index (χ2v) is 9.57. The summed E-state index contributed by atoms with van der Waals surface area (Å²) in [5.41, 5.74) is -3.07. The molecule has 158 valence electrons. The predicted molar refractivity (Wildman–Crippen MR) is 109 cm³/mol. The third-order valence-corrected chi connectivity index (χ3v) is 7.34. The van der Waals surface area contributed by atoms with Crippen molar-refractivity contribution in [2.45, 2.75) is 62.9 Å². The minimum atomic E-state index is -1.44. The summed E-state index contributed by atoms with van der Waals surface area (Å²) in [4.78, 5) is 27.7. The maximum atomic E-state index is 14.2. The van der Waals surface area contributed by atoms with Gasteiger partial charge < -0.3 is 19.3 Å². The summed E-state index contributed by atoms with van der Waals surface area (Å²) in [7, 11) is 1.57. The molecular formula is C24H26O6. The first-order chi connectivity index (χ1) is 14.0. The highest BCUT2D eigenvalue weighted by molar-refractivity contribution is 6.22. The molecule has 3 aliphatic carbocycles. The highest BCUT2D eigenvalue weighted by Crippen LogP contribution is 2.67. The van der Waals surface area contributed by atoms with Crippen LogP contribution in [0.2, 0.25) is 0 Å². The first kappa shape index (κ1) is 19.5. The number of methoxy groups -OCH3 is 1. The van der Waals surface area contributed by atoms with E-state index in [1.165, 1.54) is 6.07 Å². The Labute approximate surface area is 175 Å². The third kappa shape index (κ3) is 1.97. The van der Waals surface area contributed by atoms with Crippen molar-refractivity contribution in [3.8, 4) is 11.5 Å². The average Bonchev–Trinajstić information content (AvgIpc) is 2.85. The first-order valence-corrected chi connectivity index (χ1v) is 10.3. The summed E-state index contributed by atoms with van der Waals surface area (Å²) in [5, 5.41) is 10.3. The predicted octanol–water partition coefficient (Wildman–Crippen LogP) is 3.52. The number of rotatable bonds is 3. The zero-order valence-corrected chi connectivity index (χ0v) is 17.9. The zero-order valence-electron chi connectivity index (χ0n) is 17.9. The van der Waals surface area contributed by atoms with Crippen LogP contribution in [0.1, 0.15) is 50.9 Å². The number of hydrogen-bond acceptors (Lipinski definition) is 6. The molecule has 0 unspecified atom stereocenters. The van der Waals surface area contributed by atoms with Gasteiger partial charge in [0.05, 0.1) is 11.2 Å². The van der Waals surface area contributed by atoms with Crippen LogP contribution >= 0.6 is 0 Å². The Morgan fingerprint density at radius 3 is 2.70 bits per heavy atom. The van der Waals surface area contributed by atoms with Crippen LogP contribution in [0.4, 0.5) is 0 Å². The Hall–Kier alpha value is -2.44. The van der Waals surface area contributed by atoms with E-state index in [-0.39, 0.29) is 40.8 Å². The Kier molecular flexibility index (Phi) is 3.66. The molecule has 4 atom stereocenters. The van der Waals surface area contributed by atoms with Crippen molar-refractivity contribution in [2.75, 3.05) is 7.11 Å². The molecule has 1 aromatic carbocycles. The number of allylic oxidation sites excluding steroid dienone is 1. The molecule has 1 aromatic rings. The van der Waals surface area contributed by atoms with Gasteiger partial charge in [-0.05, 0) is 45.9 Å². The topological polar surface area (TPSA) is 82.1 Å². The van der Waals surface area contributed by atoms with Gasteiger partial charge in [-0.1, -0.05) is 17.7 Å². The molecule has 6 nitrogen and oxygen atoms in total. The van der Waals surface area contributed by atoms with Crippen molar-refractivity contribution in [1.29, 1.82) is 0 Å². The molecule has 6 rings (SSSR count). The monoisotopic (exact) mass is 410 g/mol. The zero-order chi connectivity index (χ0) is 21.7. The van der Waals surface area contributed by atoms with E-state index in [1.54, 1.807) is 25.3 Å². The number of phenols is 1. The van der Waals surface area contributed by atoms with E-state index in [2.05, 4.69) is 0 Å². The van der Waals surface area contributed by atoms with E-state index >= 15 is 0 Å². The molecule has 2 fully saturated rings. The van der Waals surface area contributed by atoms with Crippen LogP contribution in [0.5, 0.6) is 11.5 Å². The number of hydrogen-bond donors (Lipinski definition) is 1. The van der Waals surface area contributed by atoms with Gasteiger partial charge in [0.15, 0.2) is 11.2 Å². The minimum absolute atomic E-state index is 0.0897. The van der Waals surface area contributed by atoms with Crippen LogP contribution in [-0.4, -0.2) is 46.2 Å². The molecule has 0 radical (unpaired) electrons. The second kappa shape index (κ2) is 5.62. The fraction of sp³-hybridized carbons (Fsp3) is 0.500. The highest BCUT2D eigenvalue weighted by Gasteiger charge is 2.83. The molecule has 6 heteroatoms. The van der Waals surface area contributed by atoms with Gasteiger partial charge in [0.1, 0.15) is 22.7 Å². The van der Waals surface area contributed by atoms with Crippen LogP contribution in [0.15, 0.2) is 41.5 Å². The van der Waals surface area contributed by atoms with Crippen LogP contribution in [0.25, 0.3) is 0 Å². The van der Waals surface area contributed by atoms with Crippen LogP contribution in [-0.2, 0) is 14.3 Å². The van der Waals surface area contributed by atoms with E-state index in [4.69, 9.17) is 14.2 Å². The number of ketones is 2. The summed E-state index contributed by atoms with van der Waals surface area (Å²) in [6.45, 7) is 7.87. The molecule has 30 heavy (non-hydrogen) atoms. The number of aromatic hydroxyl groups is 1. The van der Waals surface area contributed by atoms with Gasteiger partial charge in [0.25, 0.3) is 0 Å². The second-order valence-electron chi connectivity index (χ2n) is 9.57. The van der Waals surface area contributed by atoms with Gasteiger partial charge in [-0.3, -0.25) is 9.59 Å². The van der Waals surface area contributed by atoms with Gasteiger partial charge in [0, 0.05) is 25.9 Å². The molecule has 1 spiro atoms. The van der Waals surface area contributed by atoms with Crippen molar-refractivity contribution in [3.63, 3.8) is 0 Å². The Morgan fingerprint density at radius 2 is 2.03 bits per heavy atom. The van der Waals surface area contributed by atoms with Crippen molar-refractivity contribution in [2.24, 2.45) is 5.92 Å². The lowest BCUT2D eigenvalue weighted by Crippen LogP contribution is -2.76. The minimum Gasteiger partial charge on any atom is -0.507 e. The SMILES string of the molecule is CO[C@]12C=C3C(=O)c4c(O)cccc4O[C@@]34C[C@@H]1C(C)(C)O[C@]2(CC=C(C)C)C4=O. The quantitative estimate of drug-likeness (QED) is 0.768. The van der Waals surface area contributed by atoms with Gasteiger partial charge in [0.2, 0.25) is 11.6 Å². The molecular weight excluding hydrogens is 384 g/mol. The van der Waals surface area contributed by atoms with E-state index in [0.717, 1.165) is 5.57 Å². The fourth-order valence-corrected chi connectivity index (χ4v) is 6.06. The van der Waals surface area contributed by atoms with Crippen molar-refractivity contribution < 1.29 is 28.9 Å². The van der Waals surface area contributed by atoms with Crippen molar-refractivity contribution in [3.05, 3.63) is 47.1 Å². The average molecular weight is 410 g/mol. The summed E-state index contributed by atoms with van der Waals surface area (Å²) >= 11 is 0. The Bertz CT molecular complexity index is 1060. The fourth-order valence-electron chi connectivity index (χ4n) is 6.06. The number of ether oxygens (including phenoxy) is 3. The normalized spacial score (nSPS) is 37.2. The molecule has 4 bridgehead atoms. The summed E-state index contributed by atoms with van der Waals surface area (Å²) in [6, 6.07) is 4.67. The van der Waals surface area contributed by atoms with Crippen molar-refractivity contribution >= 4 is 11.6 Å². The lowest BCUT2D eigenvalue weighted by atomic mass is 9.50. The lowest BCUT2D eigenvalue weighted by molar-refractivity contribution is -0.193. The van der Waals surface area contributed by atoms with E-state index in [1.807, 2.05) is 33.8 Å². The molecule has 0 amide bonds. The van der Waals surface area contributed by atoms with Gasteiger partial charge in [-0.15, -0.1) is 0 Å². The number of carbonyl (C=O) groups excluding carboxylic acids is 2. The number of phenolic OH excluding ortho intramolecular Hbond substituents is 1. The summed E-state index contributed by atoms with van der Waals surface area (Å²) < 4.78 is 18.9. The maximum absolute atomic E-state index is 14.2. The molecule has 1 saturated heterocycles. The Morgan fingerprint density at radius 1 is 1.30 bits per heavy atom. The lowest BCUT2D eigenvalue weighted by Gasteiger charge is -2.58. The molecule has 2 heterocycles. The van der Waals surface area contributed by atoms with Gasteiger partial charge in [-0.2, -0.15) is 0 Å². The van der Waals surface area contributed by atoms with Crippen molar-refractivity contribution in [1.82, 2.24) is 0 Å². The summed E-state index contributed by atoms with van der Waals surface area (Å²) in [6.07, 6.45) is 4.36. The van der Waals surface area contributed by atoms with Crippen LogP contribution < -0.4 is 4.74 Å². The largest absolute Gasteiger partial charge is 0.507 e. The molecule has 1 N–H and O–H groups in total. The van der Waals surface area contributed by atoms with Gasteiger partial charge in [-0.25, -0.2) is 0 Å². The molecule has 1 saturated carbocycles. The smallest absolute Gasteiger partial charge is 0.216 e. The standard InChI is InChI=1S/C24H26O6/c1-13(2)9-10-23-20(27)22-12-17(21(3,4)30-23)24(23,28-5)11-14(22)19(26)18-15(25)7-6-8-16(18)29-22/h6-9,11,17,25H,10,12H2,1-5H3/t17-,22+,23-,24-/m1/s1. The third-order valence-electron chi connectivity index (χ3n) is 7.34. The first-order valence-electron chi connectivity index (χ1n) is 10.3. The molecule has 5 aliphatic rings. The number of fused-ring (bicyclic) bond motifs is 1. The molecule has 0 aromatic heterocycles. The maximum Gasteiger partial charge on any atom is 0.216 e.